The fourth-order valence-corrected chi connectivity index (χ4v) is 3.67. The van der Waals surface area contributed by atoms with E-state index in [1.54, 1.807) is 7.11 Å². The molecule has 0 aromatic heterocycles. The number of nitrogens with zero attached hydrogens (tertiary/aromatic N) is 1. The molecule has 1 aliphatic rings. The second kappa shape index (κ2) is 9.68. The smallest absolute Gasteiger partial charge is 0.258 e. The highest BCUT2D eigenvalue weighted by molar-refractivity contribution is 6.01. The molecule has 0 saturated heterocycles. The van der Waals surface area contributed by atoms with Crippen LogP contribution in [-0.2, 0) is 0 Å². The highest BCUT2D eigenvalue weighted by Crippen LogP contribution is 2.38. The van der Waals surface area contributed by atoms with Gasteiger partial charge in [0.15, 0.2) is 11.5 Å². The summed E-state index contributed by atoms with van der Waals surface area (Å²) in [7, 11) is 1.65. The van der Waals surface area contributed by atoms with Crippen molar-refractivity contribution < 1.29 is 14.3 Å². The van der Waals surface area contributed by atoms with E-state index < -0.39 is 0 Å². The number of ether oxygens (including phenoxy) is 2. The molecule has 3 rings (SSSR count). The average Bonchev–Trinajstić information content (AvgIpc) is 2.76. The van der Waals surface area contributed by atoms with Gasteiger partial charge in [-0.25, -0.2) is 0 Å². The van der Waals surface area contributed by atoms with Gasteiger partial charge in [-0.05, 0) is 49.6 Å². The van der Waals surface area contributed by atoms with Crippen molar-refractivity contribution in [3.63, 3.8) is 0 Å². The molecule has 29 heavy (non-hydrogen) atoms. The molecule has 156 valence electrons. The fourth-order valence-electron chi connectivity index (χ4n) is 3.67. The van der Waals surface area contributed by atoms with E-state index in [1.165, 1.54) is 0 Å². The molecule has 2 aromatic carbocycles. The molecule has 0 saturated carbocycles. The predicted molar refractivity (Wildman–Crippen MR) is 117 cm³/mol. The molecule has 0 aliphatic carbocycles. The number of methoxy groups -OCH3 is 1. The molecule has 0 bridgehead atoms. The van der Waals surface area contributed by atoms with Crippen molar-refractivity contribution in [3.05, 3.63) is 53.6 Å². The van der Waals surface area contributed by atoms with E-state index in [4.69, 9.17) is 9.47 Å². The number of unbranched alkanes of at least 4 members (excludes halogenated alkanes) is 2. The van der Waals surface area contributed by atoms with Crippen molar-refractivity contribution in [2.24, 2.45) is 0 Å². The lowest BCUT2D eigenvalue weighted by molar-refractivity contribution is 0.0593. The summed E-state index contributed by atoms with van der Waals surface area (Å²) < 4.78 is 11.5. The summed E-state index contributed by atoms with van der Waals surface area (Å²) in [4.78, 5) is 15.2. The van der Waals surface area contributed by atoms with Crippen LogP contribution >= 0.6 is 0 Å². The standard InChI is InChI=1S/C24H32N2O3/c1-5-7-10-15-29-21-14-13-18(16-22(21)28-4)23-25-20-12-9-8-11-19(20)24(27)26(23)17(3)6-2/h8-9,11-14,16-17,23,25H,5-7,10,15H2,1-4H3. The van der Waals surface area contributed by atoms with Gasteiger partial charge in [-0.15, -0.1) is 0 Å². The van der Waals surface area contributed by atoms with E-state index in [1.807, 2.05) is 47.4 Å². The Morgan fingerprint density at radius 1 is 1.10 bits per heavy atom. The lowest BCUT2D eigenvalue weighted by Gasteiger charge is -2.41. The van der Waals surface area contributed by atoms with Crippen molar-refractivity contribution >= 4 is 11.6 Å². The first-order chi connectivity index (χ1) is 14.1. The summed E-state index contributed by atoms with van der Waals surface area (Å²) >= 11 is 0. The molecule has 0 spiro atoms. The van der Waals surface area contributed by atoms with Gasteiger partial charge in [0.25, 0.3) is 5.91 Å². The Morgan fingerprint density at radius 3 is 2.62 bits per heavy atom. The van der Waals surface area contributed by atoms with Crippen LogP contribution in [0.3, 0.4) is 0 Å². The normalized spacial score (nSPS) is 16.8. The Balaban J connectivity index is 1.91. The molecule has 2 aromatic rings. The van der Waals surface area contributed by atoms with Crippen LogP contribution in [0.1, 0.15) is 68.5 Å². The van der Waals surface area contributed by atoms with Crippen LogP contribution in [-0.4, -0.2) is 30.6 Å². The minimum absolute atomic E-state index is 0.0533. The Kier molecular flexibility index (Phi) is 7.02. The van der Waals surface area contributed by atoms with Crippen molar-refractivity contribution in [2.75, 3.05) is 19.0 Å². The Labute approximate surface area is 174 Å². The second-order valence-corrected chi connectivity index (χ2v) is 7.53. The summed E-state index contributed by atoms with van der Waals surface area (Å²) in [6.07, 6.45) is 3.96. The number of amides is 1. The molecule has 1 aliphatic heterocycles. The monoisotopic (exact) mass is 396 g/mol. The zero-order valence-electron chi connectivity index (χ0n) is 17.9. The van der Waals surface area contributed by atoms with Crippen LogP contribution in [0.4, 0.5) is 5.69 Å². The number of benzene rings is 2. The molecule has 0 fully saturated rings. The van der Waals surface area contributed by atoms with Crippen molar-refractivity contribution in [3.8, 4) is 11.5 Å². The summed E-state index contributed by atoms with van der Waals surface area (Å²) in [5.41, 5.74) is 2.55. The molecule has 5 heteroatoms. The molecule has 2 unspecified atom stereocenters. The third kappa shape index (κ3) is 4.50. The zero-order valence-corrected chi connectivity index (χ0v) is 17.9. The van der Waals surface area contributed by atoms with Gasteiger partial charge in [0.05, 0.1) is 19.3 Å². The SMILES string of the molecule is CCCCCOc1ccc(C2Nc3ccccc3C(=O)N2C(C)CC)cc1OC. The maximum atomic E-state index is 13.3. The maximum Gasteiger partial charge on any atom is 0.258 e. The predicted octanol–water partition coefficient (Wildman–Crippen LogP) is 5.63. The van der Waals surface area contributed by atoms with E-state index in [2.05, 4.69) is 26.1 Å². The summed E-state index contributed by atoms with van der Waals surface area (Å²) in [5, 5.41) is 3.55. The van der Waals surface area contributed by atoms with E-state index in [-0.39, 0.29) is 18.1 Å². The average molecular weight is 397 g/mol. The van der Waals surface area contributed by atoms with Gasteiger partial charge >= 0.3 is 0 Å². The number of fused-ring (bicyclic) bond motifs is 1. The lowest BCUT2D eigenvalue weighted by Crippen LogP contribution is -2.47. The van der Waals surface area contributed by atoms with Crippen LogP contribution in [0, 0.1) is 0 Å². The van der Waals surface area contributed by atoms with Crippen LogP contribution in [0.2, 0.25) is 0 Å². The third-order valence-corrected chi connectivity index (χ3v) is 5.54. The second-order valence-electron chi connectivity index (χ2n) is 7.53. The highest BCUT2D eigenvalue weighted by atomic mass is 16.5. The first-order valence-corrected chi connectivity index (χ1v) is 10.6. The van der Waals surface area contributed by atoms with Gasteiger partial charge in [-0.1, -0.05) is 44.9 Å². The largest absolute Gasteiger partial charge is 0.493 e. The van der Waals surface area contributed by atoms with Crippen LogP contribution in [0.25, 0.3) is 0 Å². The summed E-state index contributed by atoms with van der Waals surface area (Å²) in [6, 6.07) is 13.7. The zero-order chi connectivity index (χ0) is 20.8. The Morgan fingerprint density at radius 2 is 1.90 bits per heavy atom. The number of hydrogen-bond donors (Lipinski definition) is 1. The minimum atomic E-state index is -0.254. The van der Waals surface area contributed by atoms with E-state index >= 15 is 0 Å². The van der Waals surface area contributed by atoms with E-state index in [0.29, 0.717) is 17.9 Å². The number of rotatable bonds is 9. The lowest BCUT2D eigenvalue weighted by atomic mass is 10.0. The molecule has 2 atom stereocenters. The van der Waals surface area contributed by atoms with Gasteiger partial charge in [0.1, 0.15) is 6.17 Å². The number of nitrogens with one attached hydrogen (secondary N) is 1. The summed E-state index contributed by atoms with van der Waals surface area (Å²) in [5.74, 6) is 1.48. The number of para-hydroxylation sites is 1. The van der Waals surface area contributed by atoms with Crippen molar-refractivity contribution in [2.45, 2.75) is 58.7 Å². The van der Waals surface area contributed by atoms with Gasteiger partial charge in [0, 0.05) is 11.7 Å². The van der Waals surface area contributed by atoms with Crippen molar-refractivity contribution in [1.29, 1.82) is 0 Å². The van der Waals surface area contributed by atoms with Crippen molar-refractivity contribution in [1.82, 2.24) is 4.90 Å². The van der Waals surface area contributed by atoms with E-state index in [0.717, 1.165) is 42.7 Å². The number of carbonyl (C=O) groups is 1. The maximum absolute atomic E-state index is 13.3. The molecule has 0 radical (unpaired) electrons. The van der Waals surface area contributed by atoms with Gasteiger partial charge in [0.2, 0.25) is 0 Å². The number of hydrogen-bond acceptors (Lipinski definition) is 4. The molecule has 1 N–H and O–H groups in total. The fraction of sp³-hybridized carbons (Fsp3) is 0.458. The third-order valence-electron chi connectivity index (χ3n) is 5.54. The highest BCUT2D eigenvalue weighted by Gasteiger charge is 2.35. The first kappa shape index (κ1) is 21.0. The van der Waals surface area contributed by atoms with Gasteiger partial charge < -0.3 is 19.7 Å². The number of anilines is 1. The first-order valence-electron chi connectivity index (χ1n) is 10.6. The van der Waals surface area contributed by atoms with E-state index in [9.17, 15) is 4.79 Å². The molecular weight excluding hydrogens is 364 g/mol. The van der Waals surface area contributed by atoms with Gasteiger partial charge in [-0.3, -0.25) is 4.79 Å². The number of carbonyl (C=O) groups excluding carboxylic acids is 1. The Bertz CT molecular complexity index is 837. The molecular formula is C24H32N2O3. The minimum Gasteiger partial charge on any atom is -0.493 e. The Hall–Kier alpha value is -2.69. The van der Waals surface area contributed by atoms with Gasteiger partial charge in [-0.2, -0.15) is 0 Å². The molecule has 5 nitrogen and oxygen atoms in total. The quantitative estimate of drug-likeness (QED) is 0.558. The van der Waals surface area contributed by atoms with Crippen LogP contribution in [0.15, 0.2) is 42.5 Å². The molecule has 1 heterocycles. The van der Waals surface area contributed by atoms with Crippen LogP contribution in [0.5, 0.6) is 11.5 Å². The topological polar surface area (TPSA) is 50.8 Å². The van der Waals surface area contributed by atoms with Crippen LogP contribution < -0.4 is 14.8 Å². The molecule has 1 amide bonds. The summed E-state index contributed by atoms with van der Waals surface area (Å²) in [6.45, 7) is 7.04.